The number of hydrogen-bond donors (Lipinski definition) is 1. The molecular weight excluding hydrogens is 230 g/mol. The van der Waals surface area contributed by atoms with Crippen LogP contribution in [0, 0.1) is 0 Å². The molecule has 0 aromatic heterocycles. The van der Waals surface area contributed by atoms with E-state index in [9.17, 15) is 0 Å². The zero-order valence-electron chi connectivity index (χ0n) is 10.6. The van der Waals surface area contributed by atoms with E-state index in [1.807, 2.05) is 23.9 Å². The standard InChI is InChI=1S/C14H21NOS/c1-15-11-7-3-5-9-13(11)17-14-10-6-4-8-12(14)16-2/h4,6,8,10-11,13,15H,3,5,7,9H2,1-2H3. The lowest BCUT2D eigenvalue weighted by Gasteiger charge is -2.31. The molecule has 1 fully saturated rings. The second kappa shape index (κ2) is 6.31. The SMILES string of the molecule is CNC1CCCCC1Sc1ccccc1OC. The molecule has 1 aliphatic carbocycles. The van der Waals surface area contributed by atoms with Crippen LogP contribution < -0.4 is 10.1 Å². The highest BCUT2D eigenvalue weighted by Crippen LogP contribution is 2.37. The van der Waals surface area contributed by atoms with E-state index in [0.29, 0.717) is 11.3 Å². The molecule has 1 aromatic carbocycles. The molecule has 0 bridgehead atoms. The van der Waals surface area contributed by atoms with Crippen LogP contribution in [0.2, 0.25) is 0 Å². The first kappa shape index (κ1) is 12.8. The van der Waals surface area contributed by atoms with E-state index in [0.717, 1.165) is 5.75 Å². The van der Waals surface area contributed by atoms with Gasteiger partial charge in [-0.25, -0.2) is 0 Å². The molecule has 3 heteroatoms. The molecule has 2 unspecified atom stereocenters. The highest BCUT2D eigenvalue weighted by Gasteiger charge is 2.25. The Morgan fingerprint density at radius 1 is 1.24 bits per heavy atom. The molecule has 0 spiro atoms. The maximum absolute atomic E-state index is 5.41. The Hall–Kier alpha value is -0.670. The average molecular weight is 251 g/mol. The Balaban J connectivity index is 2.08. The molecule has 17 heavy (non-hydrogen) atoms. The van der Waals surface area contributed by atoms with Crippen LogP contribution in [-0.2, 0) is 0 Å². The van der Waals surface area contributed by atoms with Gasteiger partial charge in [0.05, 0.1) is 7.11 Å². The Kier molecular flexibility index (Phi) is 4.75. The molecule has 0 heterocycles. The lowest BCUT2D eigenvalue weighted by molar-refractivity contribution is 0.398. The fraction of sp³-hybridized carbons (Fsp3) is 0.571. The van der Waals surface area contributed by atoms with E-state index in [4.69, 9.17) is 4.74 Å². The minimum absolute atomic E-state index is 0.638. The Labute approximate surface area is 108 Å². The van der Waals surface area contributed by atoms with Gasteiger partial charge in [0.1, 0.15) is 5.75 Å². The van der Waals surface area contributed by atoms with E-state index in [2.05, 4.69) is 24.5 Å². The predicted molar refractivity (Wildman–Crippen MR) is 74.0 cm³/mol. The topological polar surface area (TPSA) is 21.3 Å². The summed E-state index contributed by atoms with van der Waals surface area (Å²) in [5, 5.41) is 4.12. The first-order valence-electron chi connectivity index (χ1n) is 6.32. The van der Waals surface area contributed by atoms with E-state index >= 15 is 0 Å². The first-order valence-corrected chi connectivity index (χ1v) is 7.20. The minimum atomic E-state index is 0.638. The van der Waals surface area contributed by atoms with Gasteiger partial charge in [0.25, 0.3) is 0 Å². The van der Waals surface area contributed by atoms with Crippen LogP contribution in [0.15, 0.2) is 29.2 Å². The normalized spacial score (nSPS) is 24.6. The molecule has 1 aromatic rings. The number of hydrogen-bond acceptors (Lipinski definition) is 3. The Morgan fingerprint density at radius 2 is 2.00 bits per heavy atom. The summed E-state index contributed by atoms with van der Waals surface area (Å²) in [5.74, 6) is 0.998. The smallest absolute Gasteiger partial charge is 0.132 e. The van der Waals surface area contributed by atoms with E-state index in [-0.39, 0.29) is 0 Å². The third-order valence-electron chi connectivity index (χ3n) is 3.42. The number of thioether (sulfide) groups is 1. The van der Waals surface area contributed by atoms with Gasteiger partial charge in [-0.05, 0) is 32.0 Å². The molecule has 0 aliphatic heterocycles. The maximum atomic E-state index is 5.41. The quantitative estimate of drug-likeness (QED) is 0.887. The Bertz CT molecular complexity index is 356. The van der Waals surface area contributed by atoms with Crippen LogP contribution in [0.1, 0.15) is 25.7 Å². The zero-order chi connectivity index (χ0) is 12.1. The Morgan fingerprint density at radius 3 is 2.76 bits per heavy atom. The zero-order valence-corrected chi connectivity index (χ0v) is 11.4. The van der Waals surface area contributed by atoms with Crippen LogP contribution in [-0.4, -0.2) is 25.4 Å². The van der Waals surface area contributed by atoms with Crippen LogP contribution in [0.3, 0.4) is 0 Å². The molecule has 0 amide bonds. The van der Waals surface area contributed by atoms with E-state index < -0.39 is 0 Å². The molecule has 1 aliphatic rings. The minimum Gasteiger partial charge on any atom is -0.496 e. The van der Waals surface area contributed by atoms with E-state index in [1.54, 1.807) is 7.11 Å². The summed E-state index contributed by atoms with van der Waals surface area (Å²) >= 11 is 1.96. The maximum Gasteiger partial charge on any atom is 0.132 e. The van der Waals surface area contributed by atoms with Crippen molar-refractivity contribution < 1.29 is 4.74 Å². The summed E-state index contributed by atoms with van der Waals surface area (Å²) in [7, 11) is 3.82. The third kappa shape index (κ3) is 3.17. The number of nitrogens with one attached hydrogen (secondary N) is 1. The van der Waals surface area contributed by atoms with Gasteiger partial charge in [0.15, 0.2) is 0 Å². The highest BCUT2D eigenvalue weighted by atomic mass is 32.2. The summed E-state index contributed by atoms with van der Waals surface area (Å²) in [6.07, 6.45) is 5.30. The summed E-state index contributed by atoms with van der Waals surface area (Å²) in [5.41, 5.74) is 0. The monoisotopic (exact) mass is 251 g/mol. The fourth-order valence-corrected chi connectivity index (χ4v) is 3.92. The lowest BCUT2D eigenvalue weighted by atomic mass is 9.95. The molecule has 94 valence electrons. The number of ether oxygens (including phenoxy) is 1. The van der Waals surface area contributed by atoms with Crippen molar-refractivity contribution in [3.8, 4) is 5.75 Å². The van der Waals surface area contributed by atoms with Crippen molar-refractivity contribution in [2.45, 2.75) is 41.9 Å². The largest absolute Gasteiger partial charge is 0.496 e. The fourth-order valence-electron chi connectivity index (χ4n) is 2.45. The summed E-state index contributed by atoms with van der Waals surface area (Å²) < 4.78 is 5.41. The van der Waals surface area contributed by atoms with Gasteiger partial charge in [0, 0.05) is 16.2 Å². The van der Waals surface area contributed by atoms with Crippen molar-refractivity contribution in [2.75, 3.05) is 14.2 Å². The van der Waals surface area contributed by atoms with Crippen molar-refractivity contribution in [1.82, 2.24) is 5.32 Å². The van der Waals surface area contributed by atoms with Crippen LogP contribution >= 0.6 is 11.8 Å². The molecule has 0 saturated heterocycles. The molecule has 2 rings (SSSR count). The summed E-state index contributed by atoms with van der Waals surface area (Å²) in [6, 6.07) is 8.95. The number of rotatable bonds is 4. The van der Waals surface area contributed by atoms with Gasteiger partial charge in [-0.3, -0.25) is 0 Å². The van der Waals surface area contributed by atoms with Gasteiger partial charge in [-0.2, -0.15) is 0 Å². The van der Waals surface area contributed by atoms with E-state index in [1.165, 1.54) is 30.6 Å². The van der Waals surface area contributed by atoms with Crippen LogP contribution in [0.4, 0.5) is 0 Å². The van der Waals surface area contributed by atoms with Crippen molar-refractivity contribution in [3.63, 3.8) is 0 Å². The molecule has 1 N–H and O–H groups in total. The lowest BCUT2D eigenvalue weighted by Crippen LogP contribution is -2.38. The summed E-state index contributed by atoms with van der Waals surface area (Å²) in [4.78, 5) is 1.27. The van der Waals surface area contributed by atoms with Gasteiger partial charge < -0.3 is 10.1 Å². The number of methoxy groups -OCH3 is 1. The number of benzene rings is 1. The van der Waals surface area contributed by atoms with Gasteiger partial charge in [-0.1, -0.05) is 25.0 Å². The van der Waals surface area contributed by atoms with Gasteiger partial charge >= 0.3 is 0 Å². The molecular formula is C14H21NOS. The average Bonchev–Trinajstić information content (AvgIpc) is 2.40. The third-order valence-corrected chi connectivity index (χ3v) is 4.88. The van der Waals surface area contributed by atoms with Crippen molar-refractivity contribution >= 4 is 11.8 Å². The highest BCUT2D eigenvalue weighted by molar-refractivity contribution is 8.00. The number of para-hydroxylation sites is 1. The van der Waals surface area contributed by atoms with Crippen LogP contribution in [0.5, 0.6) is 5.75 Å². The first-order chi connectivity index (χ1) is 8.35. The van der Waals surface area contributed by atoms with Crippen molar-refractivity contribution in [1.29, 1.82) is 0 Å². The molecule has 2 atom stereocenters. The second-order valence-corrected chi connectivity index (χ2v) is 5.77. The summed E-state index contributed by atoms with van der Waals surface area (Å²) in [6.45, 7) is 0. The van der Waals surface area contributed by atoms with Crippen molar-refractivity contribution in [3.05, 3.63) is 24.3 Å². The molecule has 0 radical (unpaired) electrons. The molecule has 1 saturated carbocycles. The van der Waals surface area contributed by atoms with Gasteiger partial charge in [0.2, 0.25) is 0 Å². The van der Waals surface area contributed by atoms with Crippen LogP contribution in [0.25, 0.3) is 0 Å². The van der Waals surface area contributed by atoms with Crippen molar-refractivity contribution in [2.24, 2.45) is 0 Å². The van der Waals surface area contributed by atoms with Gasteiger partial charge in [-0.15, -0.1) is 11.8 Å². The second-order valence-electron chi connectivity index (χ2n) is 4.49. The predicted octanol–water partition coefficient (Wildman–Crippen LogP) is 3.32. The molecule has 2 nitrogen and oxygen atoms in total.